The number of halogens is 1. The molecule has 0 atom stereocenters. The molecule has 1 aromatic carbocycles. The number of benzene rings is 1. The Balaban J connectivity index is 1.50. The fraction of sp³-hybridized carbons (Fsp3) is 0.368. The second-order valence-electron chi connectivity index (χ2n) is 5.96. The number of amides is 1. The summed E-state index contributed by atoms with van der Waals surface area (Å²) in [6.45, 7) is 2.98. The van der Waals surface area contributed by atoms with Gasteiger partial charge in [-0.3, -0.25) is 9.78 Å². The number of hydrogen-bond acceptors (Lipinski definition) is 4. The first-order valence-electron chi connectivity index (χ1n) is 8.57. The molecule has 3 rings (SSSR count). The molecule has 1 aromatic heterocycles. The van der Waals surface area contributed by atoms with Crippen molar-refractivity contribution in [3.8, 4) is 5.75 Å². The lowest BCUT2D eigenvalue weighted by Crippen LogP contribution is -2.25. The van der Waals surface area contributed by atoms with Gasteiger partial charge in [0.2, 0.25) is 0 Å². The SMILES string of the molecule is O=C(NCCCOc1c(Cl)ccc2c1CCNCC2)c1ccncc1. The van der Waals surface area contributed by atoms with E-state index >= 15 is 0 Å². The Hall–Kier alpha value is -2.11. The summed E-state index contributed by atoms with van der Waals surface area (Å²) in [5.41, 5.74) is 3.12. The molecular weight excluding hydrogens is 338 g/mol. The molecule has 0 saturated heterocycles. The van der Waals surface area contributed by atoms with E-state index in [0.29, 0.717) is 23.7 Å². The predicted octanol–water partition coefficient (Wildman–Crippen LogP) is 2.62. The summed E-state index contributed by atoms with van der Waals surface area (Å²) in [7, 11) is 0. The van der Waals surface area contributed by atoms with Crippen LogP contribution in [0.25, 0.3) is 0 Å². The molecule has 2 aromatic rings. The van der Waals surface area contributed by atoms with Crippen molar-refractivity contribution >= 4 is 17.5 Å². The normalized spacial score (nSPS) is 13.6. The molecular formula is C19H22ClN3O2. The number of rotatable bonds is 6. The molecule has 0 aliphatic carbocycles. The molecule has 1 amide bonds. The molecule has 2 N–H and O–H groups in total. The molecule has 0 spiro atoms. The van der Waals surface area contributed by atoms with Gasteiger partial charge in [-0.15, -0.1) is 0 Å². The second-order valence-corrected chi connectivity index (χ2v) is 6.37. The zero-order valence-electron chi connectivity index (χ0n) is 14.1. The quantitative estimate of drug-likeness (QED) is 0.778. The van der Waals surface area contributed by atoms with Crippen molar-refractivity contribution in [3.63, 3.8) is 0 Å². The lowest BCUT2D eigenvalue weighted by atomic mass is 10.0. The fourth-order valence-corrected chi connectivity index (χ4v) is 3.15. The van der Waals surface area contributed by atoms with Crippen molar-refractivity contribution in [2.75, 3.05) is 26.2 Å². The Labute approximate surface area is 152 Å². The minimum absolute atomic E-state index is 0.0971. The van der Waals surface area contributed by atoms with Crippen molar-refractivity contribution in [2.24, 2.45) is 0 Å². The first-order valence-corrected chi connectivity index (χ1v) is 8.95. The molecule has 132 valence electrons. The fourth-order valence-electron chi connectivity index (χ4n) is 2.92. The number of hydrogen-bond donors (Lipinski definition) is 2. The van der Waals surface area contributed by atoms with Crippen LogP contribution in [0.4, 0.5) is 0 Å². The van der Waals surface area contributed by atoms with E-state index in [2.05, 4.69) is 21.7 Å². The number of carbonyl (C=O) groups excluding carboxylic acids is 1. The maximum Gasteiger partial charge on any atom is 0.251 e. The Bertz CT molecular complexity index is 722. The standard InChI is InChI=1S/C19H22ClN3O2/c20-17-3-2-14-4-9-22-12-7-16(14)18(17)25-13-1-8-23-19(24)15-5-10-21-11-6-15/h2-3,5-6,10-11,22H,1,4,7-9,12-13H2,(H,23,24). The Morgan fingerprint density at radius 3 is 2.84 bits per heavy atom. The van der Waals surface area contributed by atoms with Crippen molar-refractivity contribution in [1.82, 2.24) is 15.6 Å². The lowest BCUT2D eigenvalue weighted by Gasteiger charge is -2.15. The summed E-state index contributed by atoms with van der Waals surface area (Å²) in [5.74, 6) is 0.698. The number of nitrogens with zero attached hydrogens (tertiary/aromatic N) is 1. The van der Waals surface area contributed by atoms with E-state index in [1.54, 1.807) is 24.5 Å². The topological polar surface area (TPSA) is 63.2 Å². The molecule has 5 nitrogen and oxygen atoms in total. The van der Waals surface area contributed by atoms with E-state index in [0.717, 1.165) is 38.1 Å². The van der Waals surface area contributed by atoms with E-state index in [9.17, 15) is 4.79 Å². The Kier molecular flexibility index (Phi) is 6.25. The van der Waals surface area contributed by atoms with E-state index in [1.165, 1.54) is 11.1 Å². The van der Waals surface area contributed by atoms with Crippen LogP contribution in [0.2, 0.25) is 5.02 Å². The third-order valence-corrected chi connectivity index (χ3v) is 4.53. The first-order chi connectivity index (χ1) is 12.3. The van der Waals surface area contributed by atoms with Crippen LogP contribution < -0.4 is 15.4 Å². The van der Waals surface area contributed by atoms with Gasteiger partial charge in [-0.2, -0.15) is 0 Å². The number of pyridine rings is 1. The minimum atomic E-state index is -0.0971. The van der Waals surface area contributed by atoms with Crippen LogP contribution in [0.15, 0.2) is 36.7 Å². The molecule has 2 heterocycles. The van der Waals surface area contributed by atoms with Gasteiger partial charge in [-0.05, 0) is 56.1 Å². The summed E-state index contributed by atoms with van der Waals surface area (Å²) in [6, 6.07) is 7.39. The highest BCUT2D eigenvalue weighted by molar-refractivity contribution is 6.32. The molecule has 6 heteroatoms. The molecule has 0 saturated carbocycles. The second kappa shape index (κ2) is 8.83. The molecule has 25 heavy (non-hydrogen) atoms. The molecule has 0 fully saturated rings. The minimum Gasteiger partial charge on any atom is -0.492 e. The van der Waals surface area contributed by atoms with Crippen molar-refractivity contribution < 1.29 is 9.53 Å². The van der Waals surface area contributed by atoms with Gasteiger partial charge < -0.3 is 15.4 Å². The number of ether oxygens (including phenoxy) is 1. The zero-order valence-corrected chi connectivity index (χ0v) is 14.8. The van der Waals surface area contributed by atoms with Gasteiger partial charge in [0, 0.05) is 30.1 Å². The van der Waals surface area contributed by atoms with Gasteiger partial charge >= 0.3 is 0 Å². The Morgan fingerprint density at radius 2 is 2.00 bits per heavy atom. The maximum absolute atomic E-state index is 12.0. The van der Waals surface area contributed by atoms with Gasteiger partial charge in [0.25, 0.3) is 5.91 Å². The lowest BCUT2D eigenvalue weighted by molar-refractivity contribution is 0.0951. The monoisotopic (exact) mass is 359 g/mol. The number of aromatic nitrogens is 1. The van der Waals surface area contributed by atoms with Gasteiger partial charge in [0.1, 0.15) is 5.75 Å². The van der Waals surface area contributed by atoms with Crippen LogP contribution in [0.5, 0.6) is 5.75 Å². The number of nitrogens with one attached hydrogen (secondary N) is 2. The van der Waals surface area contributed by atoms with E-state index < -0.39 is 0 Å². The summed E-state index contributed by atoms with van der Waals surface area (Å²) in [4.78, 5) is 15.9. The third-order valence-electron chi connectivity index (χ3n) is 4.23. The largest absolute Gasteiger partial charge is 0.492 e. The van der Waals surface area contributed by atoms with Crippen molar-refractivity contribution in [3.05, 3.63) is 58.4 Å². The first kappa shape index (κ1) is 17.7. The van der Waals surface area contributed by atoms with E-state index in [-0.39, 0.29) is 5.91 Å². The van der Waals surface area contributed by atoms with E-state index in [1.807, 2.05) is 6.07 Å². The van der Waals surface area contributed by atoms with E-state index in [4.69, 9.17) is 16.3 Å². The molecule has 1 aliphatic heterocycles. The molecule has 0 bridgehead atoms. The van der Waals surface area contributed by atoms with Crippen LogP contribution in [-0.2, 0) is 12.8 Å². The highest BCUT2D eigenvalue weighted by atomic mass is 35.5. The van der Waals surface area contributed by atoms with Crippen LogP contribution in [0, 0.1) is 0 Å². The number of carbonyl (C=O) groups is 1. The summed E-state index contributed by atoms with van der Waals surface area (Å²) in [5, 5.41) is 6.93. The maximum atomic E-state index is 12.0. The van der Waals surface area contributed by atoms with Crippen LogP contribution >= 0.6 is 11.6 Å². The van der Waals surface area contributed by atoms with Crippen molar-refractivity contribution in [1.29, 1.82) is 0 Å². The summed E-state index contributed by atoms with van der Waals surface area (Å²) < 4.78 is 5.96. The zero-order chi connectivity index (χ0) is 17.5. The third kappa shape index (κ3) is 4.71. The van der Waals surface area contributed by atoms with Gasteiger partial charge in [-0.1, -0.05) is 17.7 Å². The average molecular weight is 360 g/mol. The van der Waals surface area contributed by atoms with Crippen LogP contribution in [0.3, 0.4) is 0 Å². The Morgan fingerprint density at radius 1 is 1.20 bits per heavy atom. The highest BCUT2D eigenvalue weighted by Crippen LogP contribution is 2.33. The summed E-state index contributed by atoms with van der Waals surface area (Å²) >= 11 is 6.34. The molecule has 0 unspecified atom stereocenters. The van der Waals surface area contributed by atoms with Gasteiger partial charge in [0.05, 0.1) is 11.6 Å². The highest BCUT2D eigenvalue weighted by Gasteiger charge is 2.15. The molecule has 0 radical (unpaired) electrons. The smallest absolute Gasteiger partial charge is 0.251 e. The number of fused-ring (bicyclic) bond motifs is 1. The van der Waals surface area contributed by atoms with Gasteiger partial charge in [-0.25, -0.2) is 0 Å². The summed E-state index contributed by atoms with van der Waals surface area (Å²) in [6.07, 6.45) is 5.84. The van der Waals surface area contributed by atoms with Crippen molar-refractivity contribution in [2.45, 2.75) is 19.3 Å². The van der Waals surface area contributed by atoms with Gasteiger partial charge in [0.15, 0.2) is 0 Å². The predicted molar refractivity (Wildman–Crippen MR) is 98.4 cm³/mol. The molecule has 1 aliphatic rings. The average Bonchev–Trinajstić information content (AvgIpc) is 2.89. The van der Waals surface area contributed by atoms with Crippen LogP contribution in [0.1, 0.15) is 27.9 Å². The van der Waals surface area contributed by atoms with Crippen LogP contribution in [-0.4, -0.2) is 37.1 Å².